The number of rotatable bonds is 1. The lowest BCUT2D eigenvalue weighted by Gasteiger charge is -1.90. The van der Waals surface area contributed by atoms with E-state index in [-0.39, 0.29) is 0 Å². The van der Waals surface area contributed by atoms with Gasteiger partial charge in [0.05, 0.1) is 0 Å². The summed E-state index contributed by atoms with van der Waals surface area (Å²) in [7, 11) is 0. The fourth-order valence-electron chi connectivity index (χ4n) is 1.27. The molecule has 0 bridgehead atoms. The van der Waals surface area contributed by atoms with Gasteiger partial charge in [0.15, 0.2) is 0 Å². The second kappa shape index (κ2) is 2.62. The van der Waals surface area contributed by atoms with Crippen molar-refractivity contribution in [3.05, 3.63) is 36.2 Å². The predicted molar refractivity (Wildman–Crippen MR) is 51.0 cm³/mol. The zero-order valence-electron chi connectivity index (χ0n) is 6.04. The Morgan fingerprint density at radius 1 is 1.27 bits per heavy atom. The lowest BCUT2D eigenvalue weighted by Crippen LogP contribution is -1.74. The van der Waals surface area contributed by atoms with Crippen LogP contribution >= 0.6 is 12.6 Å². The minimum absolute atomic E-state index is 0.771. The average molecular weight is 163 g/mol. The van der Waals surface area contributed by atoms with Crippen LogP contribution in [0.4, 0.5) is 0 Å². The molecule has 0 aliphatic heterocycles. The van der Waals surface area contributed by atoms with Gasteiger partial charge in [-0.1, -0.05) is 24.3 Å². The van der Waals surface area contributed by atoms with Gasteiger partial charge in [-0.25, -0.2) is 0 Å². The van der Waals surface area contributed by atoms with Crippen LogP contribution < -0.4 is 0 Å². The van der Waals surface area contributed by atoms with Gasteiger partial charge in [0.1, 0.15) is 0 Å². The van der Waals surface area contributed by atoms with Crippen LogP contribution in [0.15, 0.2) is 30.5 Å². The van der Waals surface area contributed by atoms with Gasteiger partial charge in [0.25, 0.3) is 0 Å². The first-order chi connectivity index (χ1) is 5.42. The molecule has 1 heterocycles. The van der Waals surface area contributed by atoms with Gasteiger partial charge >= 0.3 is 0 Å². The highest BCUT2D eigenvalue weighted by molar-refractivity contribution is 7.79. The Hall–Kier alpha value is -0.890. The highest BCUT2D eigenvalue weighted by atomic mass is 32.1. The summed E-state index contributed by atoms with van der Waals surface area (Å²) in [4.78, 5) is 3.19. The molecular formula is C9H9NS. The molecule has 0 atom stereocenters. The van der Waals surface area contributed by atoms with E-state index in [4.69, 9.17) is 0 Å². The molecular weight excluding hydrogens is 154 g/mol. The third-order valence-electron chi connectivity index (χ3n) is 1.85. The van der Waals surface area contributed by atoms with E-state index in [1.54, 1.807) is 0 Å². The van der Waals surface area contributed by atoms with Gasteiger partial charge in [-0.15, -0.1) is 0 Å². The van der Waals surface area contributed by atoms with Crippen molar-refractivity contribution in [2.45, 2.75) is 5.75 Å². The lowest BCUT2D eigenvalue weighted by atomic mass is 10.2. The van der Waals surface area contributed by atoms with Crippen molar-refractivity contribution >= 4 is 23.4 Å². The average Bonchev–Trinajstić information content (AvgIpc) is 2.47. The maximum atomic E-state index is 4.22. The molecule has 0 aliphatic carbocycles. The first kappa shape index (κ1) is 6.80. The molecule has 2 rings (SSSR count). The van der Waals surface area contributed by atoms with E-state index in [2.05, 4.69) is 29.7 Å². The summed E-state index contributed by atoms with van der Waals surface area (Å²) < 4.78 is 0. The van der Waals surface area contributed by atoms with Crippen molar-refractivity contribution in [1.29, 1.82) is 0 Å². The Labute approximate surface area is 70.8 Å². The fraction of sp³-hybridized carbons (Fsp3) is 0.111. The number of H-pyrrole nitrogens is 1. The van der Waals surface area contributed by atoms with Crippen LogP contribution in [0.3, 0.4) is 0 Å². The number of hydrogen-bond acceptors (Lipinski definition) is 1. The highest BCUT2D eigenvalue weighted by Crippen LogP contribution is 2.18. The predicted octanol–water partition coefficient (Wildman–Crippen LogP) is 2.60. The molecule has 1 aromatic carbocycles. The van der Waals surface area contributed by atoms with Gasteiger partial charge in [-0.2, -0.15) is 12.6 Å². The zero-order chi connectivity index (χ0) is 7.68. The molecule has 0 fully saturated rings. The number of hydrogen-bond donors (Lipinski definition) is 2. The standard InChI is InChI=1S/C9H9NS/c11-6-9-8-4-2-1-3-7(8)5-10-9/h1-5,10-11H,6H2. The zero-order valence-corrected chi connectivity index (χ0v) is 6.94. The van der Waals surface area contributed by atoms with Gasteiger partial charge < -0.3 is 4.98 Å². The Balaban J connectivity index is 2.76. The molecule has 1 aromatic heterocycles. The molecule has 2 heteroatoms. The summed E-state index contributed by atoms with van der Waals surface area (Å²) >= 11 is 4.22. The molecule has 0 aliphatic rings. The van der Waals surface area contributed by atoms with Crippen molar-refractivity contribution in [2.75, 3.05) is 0 Å². The van der Waals surface area contributed by atoms with Crippen LogP contribution in [-0.4, -0.2) is 4.98 Å². The largest absolute Gasteiger partial charge is 0.363 e. The minimum Gasteiger partial charge on any atom is -0.363 e. The van der Waals surface area contributed by atoms with Crippen LogP contribution in [0.25, 0.3) is 10.8 Å². The summed E-state index contributed by atoms with van der Waals surface area (Å²) in [6, 6.07) is 8.29. The summed E-state index contributed by atoms with van der Waals surface area (Å²) in [6.07, 6.45) is 2.01. The van der Waals surface area contributed by atoms with E-state index in [0.717, 1.165) is 5.75 Å². The first-order valence-corrected chi connectivity index (χ1v) is 4.21. The van der Waals surface area contributed by atoms with Crippen LogP contribution in [-0.2, 0) is 5.75 Å². The molecule has 1 nitrogen and oxygen atoms in total. The van der Waals surface area contributed by atoms with Crippen molar-refractivity contribution < 1.29 is 0 Å². The van der Waals surface area contributed by atoms with Crippen LogP contribution in [0, 0.1) is 0 Å². The molecule has 0 saturated carbocycles. The van der Waals surface area contributed by atoms with Gasteiger partial charge in [0.2, 0.25) is 0 Å². The fourth-order valence-corrected chi connectivity index (χ4v) is 1.53. The number of benzene rings is 1. The van der Waals surface area contributed by atoms with E-state index in [9.17, 15) is 0 Å². The molecule has 11 heavy (non-hydrogen) atoms. The SMILES string of the molecule is SCc1[nH]cc2ccccc12. The molecule has 1 N–H and O–H groups in total. The first-order valence-electron chi connectivity index (χ1n) is 3.57. The van der Waals surface area contributed by atoms with Gasteiger partial charge in [-0.05, 0) is 5.39 Å². The molecule has 2 aromatic rings. The summed E-state index contributed by atoms with van der Waals surface area (Å²) in [5.41, 5.74) is 1.20. The van der Waals surface area contributed by atoms with Crippen LogP contribution in [0.1, 0.15) is 5.69 Å². The van der Waals surface area contributed by atoms with Gasteiger partial charge in [0, 0.05) is 23.0 Å². The van der Waals surface area contributed by atoms with E-state index in [1.807, 2.05) is 18.3 Å². The Morgan fingerprint density at radius 3 is 2.91 bits per heavy atom. The summed E-state index contributed by atoms with van der Waals surface area (Å²) in [5.74, 6) is 0.771. The Kier molecular flexibility index (Phi) is 1.62. The quantitative estimate of drug-likeness (QED) is 0.601. The second-order valence-electron chi connectivity index (χ2n) is 2.51. The smallest absolute Gasteiger partial charge is 0.0325 e. The molecule has 0 unspecified atom stereocenters. The topological polar surface area (TPSA) is 15.8 Å². The van der Waals surface area contributed by atoms with E-state index >= 15 is 0 Å². The molecule has 56 valence electrons. The summed E-state index contributed by atoms with van der Waals surface area (Å²) in [6.45, 7) is 0. The maximum Gasteiger partial charge on any atom is 0.0325 e. The maximum absolute atomic E-state index is 4.22. The third-order valence-corrected chi connectivity index (χ3v) is 2.16. The number of aromatic nitrogens is 1. The molecule has 0 amide bonds. The normalized spacial score (nSPS) is 10.6. The Bertz CT molecular complexity index is 364. The highest BCUT2D eigenvalue weighted by Gasteiger charge is 1.98. The summed E-state index contributed by atoms with van der Waals surface area (Å²) in [5, 5.41) is 2.54. The third kappa shape index (κ3) is 1.03. The minimum atomic E-state index is 0.771. The van der Waals surface area contributed by atoms with Crippen LogP contribution in [0.2, 0.25) is 0 Å². The molecule has 0 radical (unpaired) electrons. The van der Waals surface area contributed by atoms with Crippen molar-refractivity contribution in [1.82, 2.24) is 4.98 Å². The van der Waals surface area contributed by atoms with Crippen molar-refractivity contribution in [3.8, 4) is 0 Å². The number of aromatic amines is 1. The van der Waals surface area contributed by atoms with Crippen molar-refractivity contribution in [2.24, 2.45) is 0 Å². The van der Waals surface area contributed by atoms with Crippen LogP contribution in [0.5, 0.6) is 0 Å². The van der Waals surface area contributed by atoms with E-state index in [1.165, 1.54) is 16.5 Å². The van der Waals surface area contributed by atoms with Gasteiger partial charge in [-0.3, -0.25) is 0 Å². The monoisotopic (exact) mass is 163 g/mol. The molecule has 0 spiro atoms. The van der Waals surface area contributed by atoms with Crippen molar-refractivity contribution in [3.63, 3.8) is 0 Å². The number of nitrogens with one attached hydrogen (secondary N) is 1. The number of fused-ring (bicyclic) bond motifs is 1. The van der Waals surface area contributed by atoms with E-state index in [0.29, 0.717) is 0 Å². The van der Waals surface area contributed by atoms with E-state index < -0.39 is 0 Å². The number of thiol groups is 1. The second-order valence-corrected chi connectivity index (χ2v) is 2.83. The Morgan fingerprint density at radius 2 is 2.09 bits per heavy atom. The lowest BCUT2D eigenvalue weighted by molar-refractivity contribution is 1.26. The molecule has 0 saturated heterocycles.